The van der Waals surface area contributed by atoms with Gasteiger partial charge in [-0.3, -0.25) is 4.79 Å². The van der Waals surface area contributed by atoms with Crippen LogP contribution < -0.4 is 10.0 Å². The fourth-order valence-corrected chi connectivity index (χ4v) is 3.15. The van der Waals surface area contributed by atoms with E-state index >= 15 is 0 Å². The van der Waals surface area contributed by atoms with Crippen molar-refractivity contribution in [2.75, 3.05) is 13.7 Å². The second kappa shape index (κ2) is 7.53. The largest absolute Gasteiger partial charge is 0.468 e. The van der Waals surface area contributed by atoms with Gasteiger partial charge in [0.05, 0.1) is 12.0 Å². The SMILES string of the molecule is CCNC(C)c1cccc(S(=O)(=O)NC(C)C(=O)OC)c1. The Hall–Kier alpha value is -1.44. The number of benzene rings is 1. The standard InChI is InChI=1S/C14H22N2O4S/c1-5-15-10(2)12-7-6-8-13(9-12)21(18,19)16-11(3)14(17)20-4/h6-11,15-16H,5H2,1-4H3. The highest BCUT2D eigenvalue weighted by atomic mass is 32.2. The van der Waals surface area contributed by atoms with Crippen molar-refractivity contribution in [1.82, 2.24) is 10.0 Å². The summed E-state index contributed by atoms with van der Waals surface area (Å²) in [6.07, 6.45) is 0. The van der Waals surface area contributed by atoms with Crippen LogP contribution in [-0.4, -0.2) is 34.1 Å². The Bertz CT molecular complexity index is 586. The maximum Gasteiger partial charge on any atom is 0.323 e. The highest BCUT2D eigenvalue weighted by Gasteiger charge is 2.23. The quantitative estimate of drug-likeness (QED) is 0.739. The molecule has 118 valence electrons. The number of carbonyl (C=O) groups is 1. The molecule has 0 saturated heterocycles. The van der Waals surface area contributed by atoms with Gasteiger partial charge < -0.3 is 10.1 Å². The molecule has 1 aromatic rings. The van der Waals surface area contributed by atoms with Gasteiger partial charge in [-0.25, -0.2) is 8.42 Å². The third kappa shape index (κ3) is 4.80. The number of esters is 1. The number of rotatable bonds is 7. The summed E-state index contributed by atoms with van der Waals surface area (Å²) in [6, 6.07) is 5.74. The second-order valence-corrected chi connectivity index (χ2v) is 6.43. The van der Waals surface area contributed by atoms with Crippen LogP contribution in [0, 0.1) is 0 Å². The minimum absolute atomic E-state index is 0.0446. The Labute approximate surface area is 125 Å². The van der Waals surface area contributed by atoms with Crippen molar-refractivity contribution in [2.45, 2.75) is 37.8 Å². The zero-order valence-electron chi connectivity index (χ0n) is 12.7. The summed E-state index contributed by atoms with van der Waals surface area (Å²) in [5.74, 6) is -0.629. The van der Waals surface area contributed by atoms with E-state index in [9.17, 15) is 13.2 Å². The molecule has 0 radical (unpaired) electrons. The third-order valence-electron chi connectivity index (χ3n) is 3.07. The molecule has 6 nitrogen and oxygen atoms in total. The molecule has 0 spiro atoms. The fraction of sp³-hybridized carbons (Fsp3) is 0.500. The van der Waals surface area contributed by atoms with Crippen LogP contribution in [0.1, 0.15) is 32.4 Å². The van der Waals surface area contributed by atoms with Crippen molar-refractivity contribution in [3.8, 4) is 0 Å². The Morgan fingerprint density at radius 1 is 1.33 bits per heavy atom. The number of nitrogens with one attached hydrogen (secondary N) is 2. The van der Waals surface area contributed by atoms with Gasteiger partial charge >= 0.3 is 5.97 Å². The number of carbonyl (C=O) groups excluding carboxylic acids is 1. The van der Waals surface area contributed by atoms with Crippen LogP contribution in [-0.2, 0) is 19.6 Å². The van der Waals surface area contributed by atoms with Gasteiger partial charge in [0.2, 0.25) is 10.0 Å². The van der Waals surface area contributed by atoms with Gasteiger partial charge in [-0.1, -0.05) is 19.1 Å². The first-order valence-corrected chi connectivity index (χ1v) is 8.23. The topological polar surface area (TPSA) is 84.5 Å². The lowest BCUT2D eigenvalue weighted by atomic mass is 10.1. The summed E-state index contributed by atoms with van der Waals surface area (Å²) in [7, 11) is -2.55. The van der Waals surface area contributed by atoms with Crippen LogP contribution in [0.3, 0.4) is 0 Å². The first-order valence-electron chi connectivity index (χ1n) is 6.75. The monoisotopic (exact) mass is 314 g/mol. The van der Waals surface area contributed by atoms with E-state index < -0.39 is 22.0 Å². The lowest BCUT2D eigenvalue weighted by molar-refractivity contribution is -0.142. The summed E-state index contributed by atoms with van der Waals surface area (Å²) in [4.78, 5) is 11.4. The van der Waals surface area contributed by atoms with Gasteiger partial charge in [-0.15, -0.1) is 0 Å². The molecule has 0 aliphatic heterocycles. The van der Waals surface area contributed by atoms with Gasteiger partial charge in [-0.05, 0) is 38.1 Å². The molecule has 1 rings (SSSR count). The lowest BCUT2D eigenvalue weighted by Crippen LogP contribution is -2.39. The summed E-state index contributed by atoms with van der Waals surface area (Å²) in [5, 5.41) is 3.22. The minimum atomic E-state index is -3.76. The summed E-state index contributed by atoms with van der Waals surface area (Å²) >= 11 is 0. The number of sulfonamides is 1. The van der Waals surface area contributed by atoms with E-state index in [1.54, 1.807) is 12.1 Å². The molecule has 0 saturated carbocycles. The maximum absolute atomic E-state index is 12.3. The Morgan fingerprint density at radius 2 is 2.00 bits per heavy atom. The van der Waals surface area contributed by atoms with Crippen molar-refractivity contribution in [3.63, 3.8) is 0 Å². The second-order valence-electron chi connectivity index (χ2n) is 4.72. The molecule has 2 unspecified atom stereocenters. The Balaban J connectivity index is 2.98. The Morgan fingerprint density at radius 3 is 2.57 bits per heavy atom. The number of hydrogen-bond acceptors (Lipinski definition) is 5. The van der Waals surface area contributed by atoms with Gasteiger partial charge in [0, 0.05) is 6.04 Å². The van der Waals surface area contributed by atoms with Crippen molar-refractivity contribution >= 4 is 16.0 Å². The van der Waals surface area contributed by atoms with E-state index in [-0.39, 0.29) is 10.9 Å². The fourth-order valence-electron chi connectivity index (χ4n) is 1.90. The number of hydrogen-bond donors (Lipinski definition) is 2. The maximum atomic E-state index is 12.3. The molecule has 1 aromatic carbocycles. The first kappa shape index (κ1) is 17.6. The Kier molecular flexibility index (Phi) is 6.32. The summed E-state index contributed by atoms with van der Waals surface area (Å²) < 4.78 is 31.3. The predicted molar refractivity (Wildman–Crippen MR) is 80.3 cm³/mol. The average molecular weight is 314 g/mol. The van der Waals surface area contributed by atoms with Crippen LogP contribution >= 0.6 is 0 Å². The normalized spacial score (nSPS) is 14.5. The third-order valence-corrected chi connectivity index (χ3v) is 4.60. The molecular formula is C14H22N2O4S. The first-order chi connectivity index (χ1) is 9.81. The molecule has 0 aromatic heterocycles. The van der Waals surface area contributed by atoms with E-state index in [0.717, 1.165) is 12.1 Å². The molecule has 2 N–H and O–H groups in total. The van der Waals surface area contributed by atoms with Crippen LogP contribution in [0.5, 0.6) is 0 Å². The van der Waals surface area contributed by atoms with Crippen molar-refractivity contribution in [2.24, 2.45) is 0 Å². The van der Waals surface area contributed by atoms with Crippen LogP contribution in [0.25, 0.3) is 0 Å². The van der Waals surface area contributed by atoms with Gasteiger partial charge in [0.25, 0.3) is 0 Å². The number of ether oxygens (including phenoxy) is 1. The zero-order chi connectivity index (χ0) is 16.0. The molecular weight excluding hydrogens is 292 g/mol. The summed E-state index contributed by atoms with van der Waals surface area (Å²) in [6.45, 7) is 6.17. The molecule has 0 aliphatic carbocycles. The van der Waals surface area contributed by atoms with Gasteiger partial charge in [0.1, 0.15) is 6.04 Å². The van der Waals surface area contributed by atoms with E-state index in [0.29, 0.717) is 0 Å². The van der Waals surface area contributed by atoms with Crippen molar-refractivity contribution < 1.29 is 17.9 Å². The molecule has 0 amide bonds. The average Bonchev–Trinajstić information content (AvgIpc) is 2.46. The highest BCUT2D eigenvalue weighted by Crippen LogP contribution is 2.17. The lowest BCUT2D eigenvalue weighted by Gasteiger charge is -2.15. The molecule has 0 aliphatic rings. The molecule has 21 heavy (non-hydrogen) atoms. The summed E-state index contributed by atoms with van der Waals surface area (Å²) in [5.41, 5.74) is 0.866. The molecule has 0 bridgehead atoms. The smallest absolute Gasteiger partial charge is 0.323 e. The minimum Gasteiger partial charge on any atom is -0.468 e. The van der Waals surface area contributed by atoms with E-state index in [2.05, 4.69) is 14.8 Å². The van der Waals surface area contributed by atoms with E-state index in [4.69, 9.17) is 0 Å². The van der Waals surface area contributed by atoms with E-state index in [1.165, 1.54) is 20.1 Å². The molecule has 7 heteroatoms. The van der Waals surface area contributed by atoms with Crippen molar-refractivity contribution in [3.05, 3.63) is 29.8 Å². The molecule has 0 heterocycles. The predicted octanol–water partition coefficient (Wildman–Crippen LogP) is 1.20. The number of methoxy groups -OCH3 is 1. The van der Waals surface area contributed by atoms with E-state index in [1.807, 2.05) is 19.9 Å². The van der Waals surface area contributed by atoms with Crippen LogP contribution in [0.4, 0.5) is 0 Å². The van der Waals surface area contributed by atoms with Gasteiger partial charge in [0.15, 0.2) is 0 Å². The highest BCUT2D eigenvalue weighted by molar-refractivity contribution is 7.89. The van der Waals surface area contributed by atoms with Gasteiger partial charge in [-0.2, -0.15) is 4.72 Å². The van der Waals surface area contributed by atoms with Crippen molar-refractivity contribution in [1.29, 1.82) is 0 Å². The molecule has 2 atom stereocenters. The van der Waals surface area contributed by atoms with Crippen LogP contribution in [0.2, 0.25) is 0 Å². The zero-order valence-corrected chi connectivity index (χ0v) is 13.5. The molecule has 0 fully saturated rings. The van der Waals surface area contributed by atoms with Crippen LogP contribution in [0.15, 0.2) is 29.2 Å².